The first-order valence-corrected chi connectivity index (χ1v) is 19.0. The Morgan fingerprint density at radius 3 is 2.04 bits per heavy atom. The molecule has 10 aromatic rings. The van der Waals surface area contributed by atoms with Crippen LogP contribution in [-0.4, -0.2) is 24.5 Å². The predicted octanol–water partition coefficient (Wildman–Crippen LogP) is 12.8. The molecule has 0 aliphatic rings. The van der Waals surface area contributed by atoms with Gasteiger partial charge >= 0.3 is 0 Å². The topological polar surface area (TPSA) is 69.6 Å². The molecule has 1 radical (unpaired) electrons. The van der Waals surface area contributed by atoms with E-state index in [1.54, 1.807) is 0 Å². The van der Waals surface area contributed by atoms with Crippen molar-refractivity contribution in [2.24, 2.45) is 0 Å². The molecule has 0 N–H and O–H groups in total. The van der Waals surface area contributed by atoms with E-state index in [2.05, 4.69) is 97.9 Å². The van der Waals surface area contributed by atoms with Crippen LogP contribution >= 0.6 is 0 Å². The Morgan fingerprint density at radius 2 is 1.30 bits per heavy atom. The average Bonchev–Trinajstić information content (AvgIpc) is 3.81. The summed E-state index contributed by atoms with van der Waals surface area (Å²) in [5, 5.41) is 2.12. The Bertz CT molecular complexity index is 2910. The smallest absolute Gasteiger partial charge is 0.188 e. The largest absolute Gasteiger partial charge is 0.501 e. The molecule has 0 amide bonds. The minimum atomic E-state index is 0. The van der Waals surface area contributed by atoms with Crippen molar-refractivity contribution in [1.29, 1.82) is 0 Å². The van der Waals surface area contributed by atoms with Gasteiger partial charge in [0, 0.05) is 37.4 Å². The van der Waals surface area contributed by atoms with Crippen molar-refractivity contribution in [3.8, 4) is 39.5 Å². The Balaban J connectivity index is 0.000000201. The Morgan fingerprint density at radius 1 is 0.596 bits per heavy atom. The van der Waals surface area contributed by atoms with Gasteiger partial charge in [0.1, 0.15) is 5.58 Å². The molecule has 0 bridgehead atoms. The molecule has 6 aromatic carbocycles. The van der Waals surface area contributed by atoms with Gasteiger partial charge in [0.05, 0.1) is 22.4 Å². The summed E-state index contributed by atoms with van der Waals surface area (Å²) in [6.45, 7) is 8.92. The van der Waals surface area contributed by atoms with E-state index in [1.165, 1.54) is 22.3 Å². The molecule has 4 heterocycles. The molecule has 4 aromatic heterocycles. The molecule has 0 aliphatic carbocycles. The molecular formula is C50H39IrN5O-2. The van der Waals surface area contributed by atoms with Crippen molar-refractivity contribution >= 4 is 44.3 Å². The Hall–Kier alpha value is -6.27. The second kappa shape index (κ2) is 16.1. The van der Waals surface area contributed by atoms with Crippen LogP contribution in [0.5, 0.6) is 0 Å². The maximum atomic E-state index is 6.43. The Labute approximate surface area is 345 Å². The van der Waals surface area contributed by atoms with Crippen molar-refractivity contribution in [2.45, 2.75) is 39.5 Å². The summed E-state index contributed by atoms with van der Waals surface area (Å²) in [7, 11) is 0. The number of hydrogen-bond donors (Lipinski definition) is 0. The molecule has 10 rings (SSSR count). The van der Waals surface area contributed by atoms with Crippen molar-refractivity contribution in [2.75, 3.05) is 0 Å². The van der Waals surface area contributed by atoms with Gasteiger partial charge in [-0.1, -0.05) is 124 Å². The van der Waals surface area contributed by atoms with Crippen LogP contribution in [0.15, 0.2) is 156 Å². The van der Waals surface area contributed by atoms with E-state index in [0.717, 1.165) is 67.0 Å². The van der Waals surface area contributed by atoms with Gasteiger partial charge in [-0.15, -0.1) is 54.1 Å². The number of imidazole rings is 1. The van der Waals surface area contributed by atoms with E-state index in [9.17, 15) is 0 Å². The minimum absolute atomic E-state index is 0. The summed E-state index contributed by atoms with van der Waals surface area (Å²) >= 11 is 0. The van der Waals surface area contributed by atoms with Crippen molar-refractivity contribution < 1.29 is 24.5 Å². The first-order valence-electron chi connectivity index (χ1n) is 19.0. The number of nitrogens with zero attached hydrogens (tertiary/aromatic N) is 5. The predicted molar refractivity (Wildman–Crippen MR) is 228 cm³/mol. The third kappa shape index (κ3) is 7.17. The summed E-state index contributed by atoms with van der Waals surface area (Å²) in [5.41, 5.74) is 13.4. The number of fused-ring (bicyclic) bond motifs is 5. The second-order valence-electron chi connectivity index (χ2n) is 14.5. The van der Waals surface area contributed by atoms with E-state index in [4.69, 9.17) is 19.4 Å². The molecule has 0 saturated carbocycles. The monoisotopic (exact) mass is 918 g/mol. The fraction of sp³-hybridized carbons (Fsp3) is 0.120. The fourth-order valence-electron chi connectivity index (χ4n) is 7.40. The molecule has 0 aliphatic heterocycles. The van der Waals surface area contributed by atoms with E-state index < -0.39 is 0 Å². The number of pyridine rings is 1. The van der Waals surface area contributed by atoms with E-state index in [-0.39, 0.29) is 20.1 Å². The first kappa shape index (κ1) is 37.6. The van der Waals surface area contributed by atoms with Crippen LogP contribution in [0.3, 0.4) is 0 Å². The van der Waals surface area contributed by atoms with Gasteiger partial charge < -0.3 is 14.0 Å². The SMILES string of the molecule is CC(C)c1cccc(C(C)C)c1-n1c(-c2[c-]ccc3c2oc2ccccc23)nc2nc3ccccc3nc21.[Ir].[c-]1ccccc1-c1cc(-c2ccccc2)ccn1. The molecule has 281 valence electrons. The quantitative estimate of drug-likeness (QED) is 0.155. The van der Waals surface area contributed by atoms with Crippen LogP contribution in [-0.2, 0) is 20.1 Å². The fourth-order valence-corrected chi connectivity index (χ4v) is 7.40. The molecule has 57 heavy (non-hydrogen) atoms. The summed E-state index contributed by atoms with van der Waals surface area (Å²) in [5.74, 6) is 1.33. The number of aromatic nitrogens is 5. The van der Waals surface area contributed by atoms with E-state index in [0.29, 0.717) is 17.5 Å². The number of hydrogen-bond acceptors (Lipinski definition) is 5. The van der Waals surface area contributed by atoms with Gasteiger partial charge in [-0.25, -0.2) is 9.97 Å². The standard InChI is InChI=1S/C33H27N4O.C17H12N.Ir/c1-19(2)21-12-9-13-22(20(3)4)29(21)37-32(36-31-33(37)35-27-17-7-6-16-26(27)34-31)25-15-10-14-24-23-11-5-8-18-28(23)38-30(24)25;1-3-7-14(8-4-1)16-11-12-18-17(13-16)15-9-5-2-6-10-15;/h5-14,16-20H,1-4H3;1-9,11-13H;/q2*-1;. The summed E-state index contributed by atoms with van der Waals surface area (Å²) in [4.78, 5) is 19.6. The van der Waals surface area contributed by atoms with Gasteiger partial charge in [0.15, 0.2) is 11.3 Å². The number of rotatable bonds is 6. The minimum Gasteiger partial charge on any atom is -0.501 e. The molecule has 0 saturated heterocycles. The van der Waals surface area contributed by atoms with Gasteiger partial charge in [-0.3, -0.25) is 4.98 Å². The number of para-hydroxylation sites is 4. The molecular weight excluding hydrogens is 879 g/mol. The Kier molecular flexibility index (Phi) is 10.6. The average molecular weight is 918 g/mol. The number of furan rings is 1. The molecule has 7 heteroatoms. The zero-order valence-corrected chi connectivity index (χ0v) is 34.5. The summed E-state index contributed by atoms with van der Waals surface area (Å²) in [6.07, 6.45) is 1.85. The third-order valence-corrected chi connectivity index (χ3v) is 10.2. The van der Waals surface area contributed by atoms with Crippen LogP contribution in [0.4, 0.5) is 0 Å². The van der Waals surface area contributed by atoms with Crippen molar-refractivity contribution in [3.63, 3.8) is 0 Å². The molecule has 0 fully saturated rings. The van der Waals surface area contributed by atoms with Crippen molar-refractivity contribution in [1.82, 2.24) is 24.5 Å². The maximum Gasteiger partial charge on any atom is 0.188 e. The van der Waals surface area contributed by atoms with Gasteiger partial charge in [-0.05, 0) is 64.0 Å². The van der Waals surface area contributed by atoms with Gasteiger partial charge in [0.2, 0.25) is 0 Å². The normalized spacial score (nSPS) is 11.3. The zero-order valence-electron chi connectivity index (χ0n) is 32.1. The molecule has 6 nitrogen and oxygen atoms in total. The van der Waals surface area contributed by atoms with E-state index >= 15 is 0 Å². The maximum absolute atomic E-state index is 6.43. The first-order chi connectivity index (χ1) is 27.4. The molecule has 0 atom stereocenters. The molecule has 0 unspecified atom stereocenters. The zero-order chi connectivity index (χ0) is 38.2. The van der Waals surface area contributed by atoms with Gasteiger partial charge in [0.25, 0.3) is 0 Å². The third-order valence-electron chi connectivity index (χ3n) is 10.2. The van der Waals surface area contributed by atoms with Crippen LogP contribution in [0.1, 0.15) is 50.7 Å². The van der Waals surface area contributed by atoms with Crippen LogP contribution in [0.2, 0.25) is 0 Å². The summed E-state index contributed by atoms with van der Waals surface area (Å²) in [6, 6.07) is 55.7. The molecule has 0 spiro atoms. The summed E-state index contributed by atoms with van der Waals surface area (Å²) < 4.78 is 8.62. The van der Waals surface area contributed by atoms with Crippen molar-refractivity contribution in [3.05, 3.63) is 175 Å². The second-order valence-corrected chi connectivity index (χ2v) is 14.5. The van der Waals surface area contributed by atoms with Crippen LogP contribution in [0, 0.1) is 12.1 Å². The number of benzene rings is 6. The van der Waals surface area contributed by atoms with Crippen LogP contribution < -0.4 is 0 Å². The van der Waals surface area contributed by atoms with Gasteiger partial charge in [-0.2, -0.15) is 0 Å². The van der Waals surface area contributed by atoms with Crippen LogP contribution in [0.25, 0.3) is 83.7 Å². The van der Waals surface area contributed by atoms with E-state index in [1.807, 2.05) is 103 Å².